The molecule has 0 radical (unpaired) electrons. The van der Waals surface area contributed by atoms with Crippen LogP contribution in [0.15, 0.2) is 0 Å². The summed E-state index contributed by atoms with van der Waals surface area (Å²) in [4.78, 5) is 10.9. The van der Waals surface area contributed by atoms with Crippen molar-refractivity contribution in [3.8, 4) is 0 Å². The van der Waals surface area contributed by atoms with Gasteiger partial charge < -0.3 is 4.74 Å². The zero-order chi connectivity index (χ0) is 11.7. The molecule has 0 unspecified atom stereocenters. The molecule has 1 rings (SSSR count). The van der Waals surface area contributed by atoms with Crippen molar-refractivity contribution >= 4 is 29.2 Å². The number of halogens is 5. The summed E-state index contributed by atoms with van der Waals surface area (Å²) in [6, 6.07) is 0. The molecular weight excluding hydrogens is 256 g/mol. The lowest BCUT2D eigenvalue weighted by Crippen LogP contribution is -2.09. The highest BCUT2D eigenvalue weighted by Crippen LogP contribution is 2.32. The number of hydrogen-bond donors (Lipinski definition) is 0. The zero-order valence-corrected chi connectivity index (χ0v) is 8.72. The summed E-state index contributed by atoms with van der Waals surface area (Å²) in [5.74, 6) is -6.01. The molecule has 0 aliphatic heterocycles. The maximum absolute atomic E-state index is 13.1. The van der Waals surface area contributed by atoms with Crippen LogP contribution in [0.3, 0.4) is 0 Å². The molecule has 0 heterocycles. The van der Waals surface area contributed by atoms with Gasteiger partial charge in [0.2, 0.25) is 0 Å². The topological polar surface area (TPSA) is 26.3 Å². The van der Waals surface area contributed by atoms with Crippen molar-refractivity contribution in [2.75, 3.05) is 7.11 Å². The normalized spacial score (nSPS) is 10.3. The molecule has 0 amide bonds. The van der Waals surface area contributed by atoms with Crippen molar-refractivity contribution in [1.82, 2.24) is 0 Å². The Morgan fingerprint density at radius 2 is 1.60 bits per heavy atom. The van der Waals surface area contributed by atoms with Gasteiger partial charge in [0.25, 0.3) is 0 Å². The lowest BCUT2D eigenvalue weighted by atomic mass is 10.2. The monoisotopic (exact) mass is 258 g/mol. The van der Waals surface area contributed by atoms with Gasteiger partial charge in [-0.1, -0.05) is 23.2 Å². The van der Waals surface area contributed by atoms with Gasteiger partial charge in [0, 0.05) is 0 Å². The highest BCUT2D eigenvalue weighted by atomic mass is 35.5. The third kappa shape index (κ3) is 1.89. The van der Waals surface area contributed by atoms with E-state index < -0.39 is 39.0 Å². The molecule has 0 atom stereocenters. The Morgan fingerprint density at radius 3 is 2.07 bits per heavy atom. The van der Waals surface area contributed by atoms with E-state index in [-0.39, 0.29) is 0 Å². The number of ether oxygens (including phenoxy) is 1. The smallest absolute Gasteiger partial charge is 0.342 e. The van der Waals surface area contributed by atoms with Gasteiger partial charge in [-0.2, -0.15) is 0 Å². The lowest BCUT2D eigenvalue weighted by molar-refractivity contribution is 0.0594. The number of methoxy groups -OCH3 is 1. The Hall–Kier alpha value is -0.940. The number of benzene rings is 1. The van der Waals surface area contributed by atoms with Gasteiger partial charge in [0.15, 0.2) is 17.5 Å². The molecule has 15 heavy (non-hydrogen) atoms. The summed E-state index contributed by atoms with van der Waals surface area (Å²) in [6.07, 6.45) is 0. The van der Waals surface area contributed by atoms with Crippen LogP contribution in [0.2, 0.25) is 10.0 Å². The largest absolute Gasteiger partial charge is 0.465 e. The molecule has 0 saturated carbocycles. The minimum atomic E-state index is -1.68. The molecule has 0 aliphatic carbocycles. The molecule has 7 heteroatoms. The van der Waals surface area contributed by atoms with Crippen molar-refractivity contribution in [2.24, 2.45) is 0 Å². The second kappa shape index (κ2) is 4.28. The lowest BCUT2D eigenvalue weighted by Gasteiger charge is -2.07. The van der Waals surface area contributed by atoms with E-state index in [1.807, 2.05) is 0 Å². The first-order chi connectivity index (χ1) is 6.91. The van der Waals surface area contributed by atoms with E-state index >= 15 is 0 Å². The van der Waals surface area contributed by atoms with E-state index in [1.54, 1.807) is 0 Å². The van der Waals surface area contributed by atoms with Crippen LogP contribution in [0.4, 0.5) is 13.2 Å². The Labute approximate surface area is 92.5 Å². The molecule has 82 valence electrons. The van der Waals surface area contributed by atoms with Crippen LogP contribution in [-0.4, -0.2) is 13.1 Å². The summed E-state index contributed by atoms with van der Waals surface area (Å²) < 4.78 is 43.2. The van der Waals surface area contributed by atoms with Crippen LogP contribution in [0.25, 0.3) is 0 Å². The van der Waals surface area contributed by atoms with Crippen molar-refractivity contribution < 1.29 is 22.7 Å². The summed E-state index contributed by atoms with van der Waals surface area (Å²) >= 11 is 10.4. The van der Waals surface area contributed by atoms with E-state index in [0.29, 0.717) is 0 Å². The minimum absolute atomic E-state index is 0.911. The molecule has 0 spiro atoms. The molecule has 2 nitrogen and oxygen atoms in total. The number of carbonyl (C=O) groups is 1. The van der Waals surface area contributed by atoms with Crippen molar-refractivity contribution in [1.29, 1.82) is 0 Å². The second-order valence-electron chi connectivity index (χ2n) is 2.44. The van der Waals surface area contributed by atoms with E-state index in [2.05, 4.69) is 4.74 Å². The Morgan fingerprint density at radius 1 is 1.07 bits per heavy atom. The number of rotatable bonds is 1. The molecular formula is C8H3Cl2F3O2. The van der Waals surface area contributed by atoms with Crippen LogP contribution in [0.1, 0.15) is 10.4 Å². The van der Waals surface area contributed by atoms with Gasteiger partial charge >= 0.3 is 5.97 Å². The van der Waals surface area contributed by atoms with Crippen LogP contribution in [-0.2, 0) is 4.74 Å². The predicted molar refractivity (Wildman–Crippen MR) is 47.7 cm³/mol. The van der Waals surface area contributed by atoms with Gasteiger partial charge in [-0.05, 0) is 0 Å². The quantitative estimate of drug-likeness (QED) is 0.439. The first-order valence-electron chi connectivity index (χ1n) is 3.51. The minimum Gasteiger partial charge on any atom is -0.465 e. The number of esters is 1. The van der Waals surface area contributed by atoms with Crippen LogP contribution in [0.5, 0.6) is 0 Å². The van der Waals surface area contributed by atoms with E-state index in [0.717, 1.165) is 7.11 Å². The molecule has 0 bridgehead atoms. The Balaban J connectivity index is 3.60. The SMILES string of the molecule is COC(=O)c1c(F)c(F)c(Cl)c(F)c1Cl. The molecule has 0 N–H and O–H groups in total. The average molecular weight is 259 g/mol. The number of carbonyl (C=O) groups excluding carboxylic acids is 1. The fraction of sp³-hybridized carbons (Fsp3) is 0.125. The summed E-state index contributed by atoms with van der Waals surface area (Å²) in [6.45, 7) is 0. The van der Waals surface area contributed by atoms with Crippen molar-refractivity contribution in [3.05, 3.63) is 33.1 Å². The van der Waals surface area contributed by atoms with E-state index in [4.69, 9.17) is 23.2 Å². The maximum Gasteiger partial charge on any atom is 0.342 e. The molecule has 0 aliphatic rings. The summed E-state index contributed by atoms with van der Waals surface area (Å²) in [5, 5.41) is -2.02. The van der Waals surface area contributed by atoms with Crippen LogP contribution >= 0.6 is 23.2 Å². The molecule has 0 aromatic heterocycles. The molecule has 0 fully saturated rings. The van der Waals surface area contributed by atoms with Gasteiger partial charge in [0.1, 0.15) is 10.6 Å². The Kier molecular flexibility index (Phi) is 3.46. The summed E-state index contributed by atoms with van der Waals surface area (Å²) in [5.41, 5.74) is -1.02. The third-order valence-electron chi connectivity index (χ3n) is 1.60. The molecule has 1 aromatic rings. The Bertz CT molecular complexity index is 405. The fourth-order valence-corrected chi connectivity index (χ4v) is 1.37. The highest BCUT2D eigenvalue weighted by Gasteiger charge is 2.27. The number of hydrogen-bond acceptors (Lipinski definition) is 2. The highest BCUT2D eigenvalue weighted by molar-refractivity contribution is 6.37. The predicted octanol–water partition coefficient (Wildman–Crippen LogP) is 3.20. The van der Waals surface area contributed by atoms with Gasteiger partial charge in [0.05, 0.1) is 12.1 Å². The zero-order valence-electron chi connectivity index (χ0n) is 7.21. The van der Waals surface area contributed by atoms with Gasteiger partial charge in [-0.15, -0.1) is 0 Å². The molecule has 1 aromatic carbocycles. The maximum atomic E-state index is 13.1. The molecule has 0 saturated heterocycles. The first-order valence-corrected chi connectivity index (χ1v) is 4.27. The second-order valence-corrected chi connectivity index (χ2v) is 3.19. The van der Waals surface area contributed by atoms with Gasteiger partial charge in [-0.25, -0.2) is 18.0 Å². The van der Waals surface area contributed by atoms with E-state index in [9.17, 15) is 18.0 Å². The summed E-state index contributed by atoms with van der Waals surface area (Å²) in [7, 11) is 0.919. The standard InChI is InChI=1S/C8H3Cl2F3O2/c1-15-8(14)2-3(9)6(12)4(10)7(13)5(2)11/h1H3. The van der Waals surface area contributed by atoms with Crippen LogP contribution in [0, 0.1) is 17.5 Å². The average Bonchev–Trinajstić information content (AvgIpc) is 2.23. The van der Waals surface area contributed by atoms with Crippen molar-refractivity contribution in [2.45, 2.75) is 0 Å². The first kappa shape index (κ1) is 12.1. The fourth-order valence-electron chi connectivity index (χ4n) is 0.886. The van der Waals surface area contributed by atoms with Gasteiger partial charge in [-0.3, -0.25) is 0 Å². The third-order valence-corrected chi connectivity index (χ3v) is 2.29. The van der Waals surface area contributed by atoms with Crippen molar-refractivity contribution in [3.63, 3.8) is 0 Å². The van der Waals surface area contributed by atoms with Crippen LogP contribution < -0.4 is 0 Å². The van der Waals surface area contributed by atoms with E-state index in [1.165, 1.54) is 0 Å².